The van der Waals surface area contributed by atoms with E-state index < -0.39 is 68.9 Å². The Morgan fingerprint density at radius 2 is 1.26 bits per heavy atom. The molecule has 0 aliphatic heterocycles. The Morgan fingerprint density at radius 1 is 0.795 bits per heavy atom. The normalized spacial score (nSPS) is 11.7. The van der Waals surface area contributed by atoms with Crippen LogP contribution in [0.25, 0.3) is 0 Å². The molecule has 9 nitrogen and oxygen atoms in total. The van der Waals surface area contributed by atoms with E-state index in [9.17, 15) is 34.8 Å². The summed E-state index contributed by atoms with van der Waals surface area (Å²) in [6, 6.07) is 4.39. The molecule has 0 radical (unpaired) electrons. The summed E-state index contributed by atoms with van der Waals surface area (Å²) in [5.41, 5.74) is -1.58. The molecule has 1 unspecified atom stereocenters. The number of benzene rings is 3. The molecule has 0 aromatic heterocycles. The summed E-state index contributed by atoms with van der Waals surface area (Å²) in [6.45, 7) is 0.989. The number of rotatable bonds is 7. The summed E-state index contributed by atoms with van der Waals surface area (Å²) >= 11 is 35.8. The smallest absolute Gasteiger partial charge is 0.338 e. The number of carboxylic acids is 1. The number of amides is 1. The third kappa shape index (κ3) is 6.35. The average molecular weight is 658 g/mol. The summed E-state index contributed by atoms with van der Waals surface area (Å²) in [7, 11) is 0. The molecule has 5 N–H and O–H groups in total. The first-order valence-electron chi connectivity index (χ1n) is 10.5. The lowest BCUT2D eigenvalue weighted by Gasteiger charge is -2.22. The number of aromatic carboxylic acids is 1. The fourth-order valence-electron chi connectivity index (χ4n) is 3.43. The number of hydrogen-bond acceptors (Lipinski definition) is 7. The third-order valence-corrected chi connectivity index (χ3v) is 7.24. The number of esters is 1. The predicted octanol–water partition coefficient (Wildman–Crippen LogP) is 7.63. The number of phenolic OH excluding ortho intramolecular Hbond substituents is 3. The van der Waals surface area contributed by atoms with Gasteiger partial charge in [-0.2, -0.15) is 0 Å². The van der Waals surface area contributed by atoms with Gasteiger partial charge in [0.25, 0.3) is 5.91 Å². The summed E-state index contributed by atoms with van der Waals surface area (Å²) in [6.07, 6.45) is 0. The molecule has 3 rings (SSSR count). The second-order valence-corrected chi connectivity index (χ2v) is 10.4. The van der Waals surface area contributed by atoms with Gasteiger partial charge in [-0.25, -0.2) is 9.59 Å². The second-order valence-electron chi connectivity index (χ2n) is 7.98. The topological polar surface area (TPSA) is 153 Å². The lowest BCUT2D eigenvalue weighted by Crippen LogP contribution is -2.19. The van der Waals surface area contributed by atoms with Gasteiger partial charge in [0.15, 0.2) is 17.2 Å². The van der Waals surface area contributed by atoms with E-state index in [2.05, 4.69) is 5.32 Å². The van der Waals surface area contributed by atoms with Crippen molar-refractivity contribution in [2.75, 3.05) is 11.9 Å². The van der Waals surface area contributed by atoms with Crippen molar-refractivity contribution < 1.29 is 39.5 Å². The molecule has 15 heteroatoms. The molecular formula is C24H15Cl6NO8. The van der Waals surface area contributed by atoms with Gasteiger partial charge in [-0.1, -0.05) is 76.5 Å². The molecule has 1 atom stereocenters. The van der Waals surface area contributed by atoms with Crippen LogP contribution >= 0.6 is 69.6 Å². The third-order valence-electron chi connectivity index (χ3n) is 5.33. The van der Waals surface area contributed by atoms with Gasteiger partial charge in [0, 0.05) is 11.5 Å². The Morgan fingerprint density at radius 3 is 1.72 bits per heavy atom. The molecule has 0 bridgehead atoms. The lowest BCUT2D eigenvalue weighted by molar-refractivity contribution is 0.0485. The number of ether oxygens (including phenoxy) is 1. The molecule has 1 amide bonds. The maximum atomic E-state index is 12.9. The first-order chi connectivity index (χ1) is 18.1. The highest BCUT2D eigenvalue weighted by atomic mass is 35.5. The van der Waals surface area contributed by atoms with Crippen LogP contribution in [0.1, 0.15) is 49.5 Å². The minimum atomic E-state index is -1.58. The zero-order chi connectivity index (χ0) is 29.3. The average Bonchev–Trinajstić information content (AvgIpc) is 2.87. The molecule has 206 valence electrons. The Balaban J connectivity index is 1.99. The first kappa shape index (κ1) is 30.7. The maximum absolute atomic E-state index is 12.9. The summed E-state index contributed by atoms with van der Waals surface area (Å²) < 4.78 is 5.24. The van der Waals surface area contributed by atoms with Gasteiger partial charge < -0.3 is 30.5 Å². The van der Waals surface area contributed by atoms with E-state index in [1.54, 1.807) is 0 Å². The van der Waals surface area contributed by atoms with Crippen molar-refractivity contribution in [3.8, 4) is 17.2 Å². The van der Waals surface area contributed by atoms with Crippen molar-refractivity contribution in [3.63, 3.8) is 0 Å². The molecule has 3 aromatic carbocycles. The molecule has 0 saturated carbocycles. The number of carbonyl (C=O) groups excluding carboxylic acids is 2. The van der Waals surface area contributed by atoms with Crippen LogP contribution < -0.4 is 5.32 Å². The van der Waals surface area contributed by atoms with E-state index in [4.69, 9.17) is 74.3 Å². The van der Waals surface area contributed by atoms with E-state index in [1.807, 2.05) is 0 Å². The highest BCUT2D eigenvalue weighted by Crippen LogP contribution is 2.46. The lowest BCUT2D eigenvalue weighted by atomic mass is 9.93. The fourth-order valence-corrected chi connectivity index (χ4v) is 5.07. The van der Waals surface area contributed by atoms with Crippen LogP contribution in [0.2, 0.25) is 30.1 Å². The van der Waals surface area contributed by atoms with Gasteiger partial charge in [-0.3, -0.25) is 4.79 Å². The summed E-state index contributed by atoms with van der Waals surface area (Å²) in [5.74, 6) is -6.03. The Bertz CT molecular complexity index is 1480. The standard InChI is InChI=1S/C24H15Cl6NO8/c1-7(6-39-24(38)9-4-12(27)20(33)13(28)5-9)14-15(23(36)37)18(17(30)21(34)16(14)29)31-22(35)8-2-10(25)19(32)11(26)3-8/h2-5,7,32-34H,6H2,1H3,(H,31,35)(H,36,37). The molecule has 0 fully saturated rings. The van der Waals surface area contributed by atoms with Crippen molar-refractivity contribution in [2.45, 2.75) is 12.8 Å². The van der Waals surface area contributed by atoms with Gasteiger partial charge in [0.05, 0.1) is 48.5 Å². The van der Waals surface area contributed by atoms with Crippen molar-refractivity contribution >= 4 is 93.1 Å². The van der Waals surface area contributed by atoms with Crippen molar-refractivity contribution in [2.24, 2.45) is 0 Å². The molecule has 3 aromatic rings. The van der Waals surface area contributed by atoms with Crippen LogP contribution in [-0.4, -0.2) is 44.9 Å². The number of carboxylic acid groups (broad SMARTS) is 1. The van der Waals surface area contributed by atoms with Gasteiger partial charge in [-0.15, -0.1) is 0 Å². The van der Waals surface area contributed by atoms with E-state index >= 15 is 0 Å². The first-order valence-corrected chi connectivity index (χ1v) is 12.7. The van der Waals surface area contributed by atoms with Crippen LogP contribution in [-0.2, 0) is 4.74 Å². The minimum Gasteiger partial charge on any atom is -0.505 e. The van der Waals surface area contributed by atoms with Crippen molar-refractivity contribution in [3.05, 3.63) is 76.7 Å². The van der Waals surface area contributed by atoms with Gasteiger partial charge in [0.2, 0.25) is 0 Å². The molecule has 0 heterocycles. The Hall–Kier alpha value is -2.79. The van der Waals surface area contributed by atoms with Gasteiger partial charge in [0.1, 0.15) is 5.02 Å². The number of phenols is 3. The second kappa shape index (κ2) is 12.2. The van der Waals surface area contributed by atoms with E-state index in [1.165, 1.54) is 6.92 Å². The van der Waals surface area contributed by atoms with Gasteiger partial charge >= 0.3 is 11.9 Å². The SMILES string of the molecule is CC(COC(=O)c1cc(Cl)c(O)c(Cl)c1)c1c(Cl)c(O)c(Cl)c(NC(=O)c2cc(Cl)c(O)c(Cl)c2)c1C(=O)O. The highest BCUT2D eigenvalue weighted by Gasteiger charge is 2.31. The molecule has 0 aliphatic carbocycles. The highest BCUT2D eigenvalue weighted by molar-refractivity contribution is 6.41. The van der Waals surface area contributed by atoms with Crippen molar-refractivity contribution in [1.82, 2.24) is 0 Å². The minimum absolute atomic E-state index is 0.0994. The van der Waals surface area contributed by atoms with Crippen LogP contribution in [0.3, 0.4) is 0 Å². The Labute approximate surface area is 250 Å². The van der Waals surface area contributed by atoms with Crippen LogP contribution in [0, 0.1) is 0 Å². The van der Waals surface area contributed by atoms with Crippen molar-refractivity contribution in [1.29, 1.82) is 0 Å². The summed E-state index contributed by atoms with van der Waals surface area (Å²) in [4.78, 5) is 37.7. The monoisotopic (exact) mass is 655 g/mol. The van der Waals surface area contributed by atoms with Gasteiger partial charge in [-0.05, 0) is 29.8 Å². The zero-order valence-corrected chi connectivity index (χ0v) is 23.8. The van der Waals surface area contributed by atoms with Crippen LogP contribution in [0.15, 0.2) is 24.3 Å². The fraction of sp³-hybridized carbons (Fsp3) is 0.125. The largest absolute Gasteiger partial charge is 0.505 e. The molecule has 39 heavy (non-hydrogen) atoms. The zero-order valence-electron chi connectivity index (χ0n) is 19.3. The van der Waals surface area contributed by atoms with E-state index in [0.29, 0.717) is 0 Å². The van der Waals surface area contributed by atoms with E-state index in [-0.39, 0.29) is 36.8 Å². The van der Waals surface area contributed by atoms with Crippen LogP contribution in [0.5, 0.6) is 17.2 Å². The number of nitrogens with one attached hydrogen (secondary N) is 1. The van der Waals surface area contributed by atoms with Crippen LogP contribution in [0.4, 0.5) is 5.69 Å². The maximum Gasteiger partial charge on any atom is 0.338 e. The number of aromatic hydroxyl groups is 3. The molecule has 0 spiro atoms. The Kier molecular flexibility index (Phi) is 9.59. The number of hydrogen-bond donors (Lipinski definition) is 5. The number of anilines is 1. The predicted molar refractivity (Wildman–Crippen MR) is 148 cm³/mol. The number of halogens is 6. The molecular weight excluding hydrogens is 643 g/mol. The quantitative estimate of drug-likeness (QED) is 0.163. The molecule has 0 saturated heterocycles. The number of carbonyl (C=O) groups is 3. The van der Waals surface area contributed by atoms with E-state index in [0.717, 1.165) is 24.3 Å². The molecule has 0 aliphatic rings. The summed E-state index contributed by atoms with van der Waals surface area (Å²) in [5, 5.41) is 40.3.